The predicted molar refractivity (Wildman–Crippen MR) is 181 cm³/mol. The quantitative estimate of drug-likeness (QED) is 0.0647. The summed E-state index contributed by atoms with van der Waals surface area (Å²) in [5, 5.41) is 10.8. The molecule has 1 N–H and O–H groups in total. The van der Waals surface area contributed by atoms with Gasteiger partial charge in [-0.2, -0.15) is 0 Å². The fourth-order valence-corrected chi connectivity index (χ4v) is 5.71. The smallest absolute Gasteiger partial charge is 0.143 e. The van der Waals surface area contributed by atoms with Crippen LogP contribution < -0.4 is 0 Å². The lowest BCUT2D eigenvalue weighted by Gasteiger charge is -2.36. The van der Waals surface area contributed by atoms with E-state index < -0.39 is 11.7 Å². The highest BCUT2D eigenvalue weighted by Crippen LogP contribution is 2.40. The summed E-state index contributed by atoms with van der Waals surface area (Å²) in [6, 6.07) is 30.8. The van der Waals surface area contributed by atoms with E-state index in [2.05, 4.69) is 55.5 Å². The molecule has 0 aliphatic carbocycles. The first-order valence-corrected chi connectivity index (χ1v) is 17.0. The lowest BCUT2D eigenvalue weighted by molar-refractivity contribution is -0.0641. The van der Waals surface area contributed by atoms with Crippen molar-refractivity contribution in [2.75, 3.05) is 19.8 Å². The number of ether oxygens (including phenoxy) is 2. The maximum atomic E-state index is 10.8. The Morgan fingerprint density at radius 2 is 0.977 bits per heavy atom. The van der Waals surface area contributed by atoms with Crippen LogP contribution in [0.25, 0.3) is 0 Å². The van der Waals surface area contributed by atoms with E-state index >= 15 is 0 Å². The zero-order valence-electron chi connectivity index (χ0n) is 26.7. The number of aliphatic hydroxyl groups excluding tert-OH is 1. The van der Waals surface area contributed by atoms with Gasteiger partial charge in [0.05, 0.1) is 13.2 Å². The molecule has 0 bridgehead atoms. The third-order valence-electron chi connectivity index (χ3n) is 8.14. The normalized spacial score (nSPS) is 12.6. The Morgan fingerprint density at radius 3 is 1.44 bits per heavy atom. The van der Waals surface area contributed by atoms with Crippen molar-refractivity contribution in [2.45, 2.75) is 109 Å². The Bertz CT molecular complexity index is 984. The molecule has 0 radical (unpaired) electrons. The summed E-state index contributed by atoms with van der Waals surface area (Å²) < 4.78 is 12.6. The third-order valence-corrected chi connectivity index (χ3v) is 8.14. The number of aliphatic hydroxyl groups is 1. The van der Waals surface area contributed by atoms with Crippen molar-refractivity contribution in [1.29, 1.82) is 0 Å². The van der Waals surface area contributed by atoms with Gasteiger partial charge in [-0.15, -0.1) is 0 Å². The number of allylic oxidation sites excluding steroid dienone is 2. The van der Waals surface area contributed by atoms with E-state index in [1.807, 2.05) is 54.6 Å². The number of rotatable bonds is 24. The molecule has 0 unspecified atom stereocenters. The summed E-state index contributed by atoms with van der Waals surface area (Å²) in [6.07, 6.45) is 22.2. The number of hydrogen-bond donors (Lipinski definition) is 1. The maximum absolute atomic E-state index is 10.8. The molecule has 0 amide bonds. The zero-order chi connectivity index (χ0) is 30.3. The molecule has 3 rings (SSSR count). The van der Waals surface area contributed by atoms with Gasteiger partial charge in [0.25, 0.3) is 0 Å². The van der Waals surface area contributed by atoms with Gasteiger partial charge in [0.1, 0.15) is 11.7 Å². The van der Waals surface area contributed by atoms with E-state index in [0.717, 1.165) is 23.1 Å². The predicted octanol–water partition coefficient (Wildman–Crippen LogP) is 10.4. The summed E-state index contributed by atoms with van der Waals surface area (Å²) in [5.74, 6) is 0. The fourth-order valence-electron chi connectivity index (χ4n) is 5.71. The number of benzene rings is 3. The molecule has 3 aromatic carbocycles. The van der Waals surface area contributed by atoms with Crippen LogP contribution >= 0.6 is 0 Å². The number of unbranched alkanes of at least 4 members (excludes halogenated alkanes) is 12. The third kappa shape index (κ3) is 12.8. The largest absolute Gasteiger partial charge is 0.388 e. The molecule has 3 heteroatoms. The summed E-state index contributed by atoms with van der Waals surface area (Å²) >= 11 is 0. The van der Waals surface area contributed by atoms with Gasteiger partial charge in [0, 0.05) is 6.61 Å². The van der Waals surface area contributed by atoms with Crippen LogP contribution in [0.5, 0.6) is 0 Å². The molecule has 0 aliphatic heterocycles. The summed E-state index contributed by atoms with van der Waals surface area (Å²) in [7, 11) is 0. The minimum absolute atomic E-state index is 0.173. The van der Waals surface area contributed by atoms with Gasteiger partial charge in [0.2, 0.25) is 0 Å². The van der Waals surface area contributed by atoms with Gasteiger partial charge in [-0.05, 0) is 48.8 Å². The van der Waals surface area contributed by atoms with Gasteiger partial charge >= 0.3 is 0 Å². The summed E-state index contributed by atoms with van der Waals surface area (Å²) in [4.78, 5) is 0. The average Bonchev–Trinajstić information content (AvgIpc) is 3.06. The second-order valence-electron chi connectivity index (χ2n) is 11.8. The Labute approximate surface area is 262 Å². The minimum Gasteiger partial charge on any atom is -0.388 e. The van der Waals surface area contributed by atoms with E-state index in [9.17, 15) is 5.11 Å². The Kier molecular flexibility index (Phi) is 17.7. The molecular formula is C40H56O3. The lowest BCUT2D eigenvalue weighted by Crippen LogP contribution is -2.36. The SMILES string of the molecule is CCCCCCCCC=CCCCCCCCCOC[C@@H](O)COC(c1ccccc1)(c1ccccc1)c1ccccc1. The Morgan fingerprint density at radius 1 is 0.558 bits per heavy atom. The zero-order valence-corrected chi connectivity index (χ0v) is 26.7. The molecule has 0 saturated carbocycles. The van der Waals surface area contributed by atoms with E-state index in [0.29, 0.717) is 6.61 Å². The first-order chi connectivity index (χ1) is 21.3. The highest BCUT2D eigenvalue weighted by Gasteiger charge is 2.38. The molecule has 0 aromatic heterocycles. The topological polar surface area (TPSA) is 38.7 Å². The van der Waals surface area contributed by atoms with Crippen LogP contribution in [-0.2, 0) is 15.1 Å². The van der Waals surface area contributed by atoms with Crippen molar-refractivity contribution >= 4 is 0 Å². The van der Waals surface area contributed by atoms with Gasteiger partial charge in [-0.1, -0.05) is 168 Å². The van der Waals surface area contributed by atoms with Crippen LogP contribution in [0.2, 0.25) is 0 Å². The van der Waals surface area contributed by atoms with Crippen molar-refractivity contribution in [3.05, 3.63) is 120 Å². The van der Waals surface area contributed by atoms with E-state index in [1.165, 1.54) is 83.5 Å². The standard InChI is InChI=1S/C40H56O3/c1-2-3-4-5-6-7-8-9-10-11-12-13-14-15-16-26-33-42-34-39(41)35-43-40(36-27-20-17-21-28-36,37-29-22-18-23-30-37)38-31-24-19-25-32-38/h9-10,17-25,27-32,39,41H,2-8,11-16,26,33-35H2,1H3/t39-/m1/s1. The second kappa shape index (κ2) is 21.9. The van der Waals surface area contributed by atoms with Crippen molar-refractivity contribution in [3.63, 3.8) is 0 Å². The molecule has 3 nitrogen and oxygen atoms in total. The second-order valence-corrected chi connectivity index (χ2v) is 11.8. The Balaban J connectivity index is 1.32. The van der Waals surface area contributed by atoms with Crippen LogP contribution in [0.4, 0.5) is 0 Å². The maximum Gasteiger partial charge on any atom is 0.143 e. The van der Waals surface area contributed by atoms with Gasteiger partial charge in [-0.25, -0.2) is 0 Å². The molecule has 234 valence electrons. The van der Waals surface area contributed by atoms with Crippen LogP contribution in [0, 0.1) is 0 Å². The molecule has 0 heterocycles. The summed E-state index contributed by atoms with van der Waals surface area (Å²) in [6.45, 7) is 3.41. The minimum atomic E-state index is -0.825. The molecule has 0 aliphatic rings. The molecule has 1 atom stereocenters. The van der Waals surface area contributed by atoms with Crippen LogP contribution in [0.3, 0.4) is 0 Å². The molecule has 3 aromatic rings. The monoisotopic (exact) mass is 584 g/mol. The van der Waals surface area contributed by atoms with Gasteiger partial charge in [0.15, 0.2) is 0 Å². The average molecular weight is 585 g/mol. The highest BCUT2D eigenvalue weighted by atomic mass is 16.5. The lowest BCUT2D eigenvalue weighted by atomic mass is 9.80. The molecule has 0 fully saturated rings. The first kappa shape index (κ1) is 34.8. The van der Waals surface area contributed by atoms with Crippen LogP contribution in [0.1, 0.15) is 114 Å². The molecule has 0 saturated heterocycles. The van der Waals surface area contributed by atoms with Crippen molar-refractivity contribution < 1.29 is 14.6 Å². The molecule has 0 spiro atoms. The molecule has 43 heavy (non-hydrogen) atoms. The van der Waals surface area contributed by atoms with E-state index in [-0.39, 0.29) is 13.2 Å². The summed E-state index contributed by atoms with van der Waals surface area (Å²) in [5.41, 5.74) is 2.27. The van der Waals surface area contributed by atoms with Crippen molar-refractivity contribution in [1.82, 2.24) is 0 Å². The van der Waals surface area contributed by atoms with Crippen LogP contribution in [-0.4, -0.2) is 31.0 Å². The van der Waals surface area contributed by atoms with Crippen LogP contribution in [0.15, 0.2) is 103 Å². The Hall–Kier alpha value is -2.72. The van der Waals surface area contributed by atoms with Gasteiger partial charge < -0.3 is 14.6 Å². The van der Waals surface area contributed by atoms with E-state index in [4.69, 9.17) is 9.47 Å². The first-order valence-electron chi connectivity index (χ1n) is 17.0. The molecular weight excluding hydrogens is 528 g/mol. The van der Waals surface area contributed by atoms with E-state index in [1.54, 1.807) is 0 Å². The fraction of sp³-hybridized carbons (Fsp3) is 0.500. The van der Waals surface area contributed by atoms with Gasteiger partial charge in [-0.3, -0.25) is 0 Å². The highest BCUT2D eigenvalue weighted by molar-refractivity contribution is 5.47. The number of hydrogen-bond acceptors (Lipinski definition) is 3. The van der Waals surface area contributed by atoms with Crippen molar-refractivity contribution in [3.8, 4) is 0 Å². The van der Waals surface area contributed by atoms with Crippen molar-refractivity contribution in [2.24, 2.45) is 0 Å².